The molecule has 154 valence electrons. The van der Waals surface area contributed by atoms with E-state index in [0.29, 0.717) is 17.9 Å². The van der Waals surface area contributed by atoms with E-state index in [0.717, 1.165) is 5.76 Å². The maximum atomic E-state index is 12.4. The molecule has 0 radical (unpaired) electrons. The lowest BCUT2D eigenvalue weighted by molar-refractivity contribution is 0.0939. The van der Waals surface area contributed by atoms with Gasteiger partial charge in [0.2, 0.25) is 10.0 Å². The lowest BCUT2D eigenvalue weighted by Crippen LogP contribution is -2.34. The van der Waals surface area contributed by atoms with Gasteiger partial charge in [0.05, 0.1) is 30.0 Å². The number of amides is 1. The molecule has 1 aromatic carbocycles. The van der Waals surface area contributed by atoms with E-state index in [2.05, 4.69) is 10.0 Å². The highest BCUT2D eigenvalue weighted by Crippen LogP contribution is 2.18. The molecule has 0 aliphatic carbocycles. The van der Waals surface area contributed by atoms with E-state index in [-0.39, 0.29) is 23.4 Å². The molecule has 0 fully saturated rings. The van der Waals surface area contributed by atoms with Gasteiger partial charge in [0.1, 0.15) is 11.5 Å². The topological polar surface area (TPSA) is 105 Å². The molecule has 0 spiro atoms. The zero-order valence-corrected chi connectivity index (χ0v) is 17.0. The minimum absolute atomic E-state index is 0.0519. The largest absolute Gasteiger partial charge is 0.468 e. The van der Waals surface area contributed by atoms with Crippen LogP contribution in [0.4, 0.5) is 0 Å². The van der Waals surface area contributed by atoms with Gasteiger partial charge in [-0.3, -0.25) is 9.69 Å². The molecule has 0 bridgehead atoms. The molecule has 0 aliphatic rings. The number of nitrogens with zero attached hydrogens (tertiary/aromatic N) is 1. The Morgan fingerprint density at radius 3 is 2.31 bits per heavy atom. The van der Waals surface area contributed by atoms with Crippen LogP contribution in [-0.2, 0) is 16.6 Å². The summed E-state index contributed by atoms with van der Waals surface area (Å²) in [6.45, 7) is 0.403. The molecule has 8 nitrogen and oxygen atoms in total. The number of nitrogens with one attached hydrogen (secondary N) is 2. The van der Waals surface area contributed by atoms with Crippen LogP contribution in [0.2, 0.25) is 0 Å². The van der Waals surface area contributed by atoms with Gasteiger partial charge in [0.15, 0.2) is 0 Å². The fraction of sp³-hybridized carbons (Fsp3) is 0.250. The Bertz CT molecular complexity index is 1010. The van der Waals surface area contributed by atoms with Crippen LogP contribution in [0.15, 0.2) is 74.8 Å². The summed E-state index contributed by atoms with van der Waals surface area (Å²) in [6.07, 6.45) is 3.07. The Morgan fingerprint density at radius 1 is 1.03 bits per heavy atom. The highest BCUT2D eigenvalue weighted by molar-refractivity contribution is 7.89. The van der Waals surface area contributed by atoms with Gasteiger partial charge in [-0.1, -0.05) is 0 Å². The minimum Gasteiger partial charge on any atom is -0.468 e. The first-order chi connectivity index (χ1) is 13.9. The Balaban J connectivity index is 1.60. The normalized spacial score (nSPS) is 12.8. The second-order valence-corrected chi connectivity index (χ2v) is 8.40. The molecule has 3 aromatic rings. The summed E-state index contributed by atoms with van der Waals surface area (Å²) in [5.41, 5.74) is 0.368. The highest BCUT2D eigenvalue weighted by atomic mass is 32.2. The zero-order valence-electron chi connectivity index (χ0n) is 16.2. The molecule has 2 heterocycles. The molecule has 1 atom stereocenters. The average molecular weight is 417 g/mol. The van der Waals surface area contributed by atoms with Gasteiger partial charge in [-0.25, -0.2) is 13.1 Å². The average Bonchev–Trinajstić information content (AvgIpc) is 3.40. The van der Waals surface area contributed by atoms with Crippen molar-refractivity contribution >= 4 is 15.9 Å². The first-order valence-corrected chi connectivity index (χ1v) is 10.5. The lowest BCUT2D eigenvalue weighted by atomic mass is 10.2. The number of carbonyl (C=O) groups is 1. The second kappa shape index (κ2) is 9.08. The maximum Gasteiger partial charge on any atom is 0.251 e. The first kappa shape index (κ1) is 20.8. The molecule has 29 heavy (non-hydrogen) atoms. The Morgan fingerprint density at radius 2 is 1.72 bits per heavy atom. The van der Waals surface area contributed by atoms with Gasteiger partial charge in [0, 0.05) is 12.1 Å². The molecule has 2 N–H and O–H groups in total. The molecule has 0 aliphatic heterocycles. The van der Waals surface area contributed by atoms with Crippen LogP contribution < -0.4 is 10.0 Å². The van der Waals surface area contributed by atoms with Crippen molar-refractivity contribution in [3.63, 3.8) is 0 Å². The van der Waals surface area contributed by atoms with Gasteiger partial charge < -0.3 is 14.2 Å². The quantitative estimate of drug-likeness (QED) is 0.554. The van der Waals surface area contributed by atoms with Gasteiger partial charge in [-0.15, -0.1) is 0 Å². The first-order valence-electron chi connectivity index (χ1n) is 8.97. The molecule has 1 amide bonds. The zero-order chi connectivity index (χ0) is 20.9. The molecule has 0 saturated heterocycles. The monoisotopic (exact) mass is 417 g/mol. The van der Waals surface area contributed by atoms with E-state index in [9.17, 15) is 13.2 Å². The van der Waals surface area contributed by atoms with Crippen LogP contribution in [0.1, 0.15) is 27.9 Å². The predicted molar refractivity (Wildman–Crippen MR) is 107 cm³/mol. The number of hydrogen-bond donors (Lipinski definition) is 2. The van der Waals surface area contributed by atoms with E-state index in [1.807, 2.05) is 25.1 Å². The van der Waals surface area contributed by atoms with E-state index in [1.54, 1.807) is 24.5 Å². The second-order valence-electron chi connectivity index (χ2n) is 6.63. The van der Waals surface area contributed by atoms with Crippen molar-refractivity contribution in [2.24, 2.45) is 0 Å². The van der Waals surface area contributed by atoms with E-state index in [4.69, 9.17) is 8.83 Å². The third-order valence-electron chi connectivity index (χ3n) is 4.39. The van der Waals surface area contributed by atoms with Crippen molar-refractivity contribution < 1.29 is 22.0 Å². The predicted octanol–water partition coefficient (Wildman–Crippen LogP) is 2.38. The van der Waals surface area contributed by atoms with Crippen LogP contribution in [-0.4, -0.2) is 39.9 Å². The fourth-order valence-corrected chi connectivity index (χ4v) is 3.75. The highest BCUT2D eigenvalue weighted by Gasteiger charge is 2.19. The summed E-state index contributed by atoms with van der Waals surface area (Å²) >= 11 is 0. The van der Waals surface area contributed by atoms with E-state index in [1.165, 1.54) is 30.5 Å². The van der Waals surface area contributed by atoms with Crippen LogP contribution >= 0.6 is 0 Å². The van der Waals surface area contributed by atoms with Crippen molar-refractivity contribution in [1.82, 2.24) is 14.9 Å². The summed E-state index contributed by atoms with van der Waals surface area (Å²) in [6, 6.07) is 12.7. The molecular formula is C20H23N3O5S. The molecule has 0 saturated carbocycles. The SMILES string of the molecule is CN(C)[C@H](CNC(=O)c1ccc(S(=O)(=O)NCc2ccco2)cc1)c1ccco1. The van der Waals surface area contributed by atoms with Crippen molar-refractivity contribution in [2.75, 3.05) is 20.6 Å². The Hall–Kier alpha value is -2.88. The van der Waals surface area contributed by atoms with Crippen molar-refractivity contribution in [3.8, 4) is 0 Å². The fourth-order valence-electron chi connectivity index (χ4n) is 2.76. The van der Waals surface area contributed by atoms with Crippen LogP contribution in [0, 0.1) is 0 Å². The number of rotatable bonds is 9. The summed E-state index contributed by atoms with van der Waals surface area (Å²) < 4.78 is 37.7. The van der Waals surface area contributed by atoms with Crippen LogP contribution in [0.25, 0.3) is 0 Å². The minimum atomic E-state index is -3.71. The number of furan rings is 2. The van der Waals surface area contributed by atoms with Crippen molar-refractivity contribution in [1.29, 1.82) is 0 Å². The number of sulfonamides is 1. The number of benzene rings is 1. The lowest BCUT2D eigenvalue weighted by Gasteiger charge is -2.22. The third-order valence-corrected chi connectivity index (χ3v) is 5.81. The molecular weight excluding hydrogens is 394 g/mol. The van der Waals surface area contributed by atoms with Gasteiger partial charge in [-0.05, 0) is 62.6 Å². The number of carbonyl (C=O) groups excluding carboxylic acids is 1. The van der Waals surface area contributed by atoms with Gasteiger partial charge in [0.25, 0.3) is 5.91 Å². The third kappa shape index (κ3) is 5.35. The Kier molecular flexibility index (Phi) is 6.53. The number of likely N-dealkylation sites (N-methyl/N-ethyl adjacent to an activating group) is 1. The van der Waals surface area contributed by atoms with E-state index < -0.39 is 10.0 Å². The molecule has 9 heteroatoms. The van der Waals surface area contributed by atoms with E-state index >= 15 is 0 Å². The van der Waals surface area contributed by atoms with Crippen LogP contribution in [0.5, 0.6) is 0 Å². The van der Waals surface area contributed by atoms with Crippen LogP contribution in [0.3, 0.4) is 0 Å². The summed E-state index contributed by atoms with van der Waals surface area (Å²) in [7, 11) is 0.0889. The molecule has 3 rings (SSSR count). The summed E-state index contributed by atoms with van der Waals surface area (Å²) in [4.78, 5) is 14.5. The Labute approximate surface area is 169 Å². The molecule has 2 aromatic heterocycles. The summed E-state index contributed by atoms with van der Waals surface area (Å²) in [5, 5.41) is 2.85. The standard InChI is InChI=1S/C20H23N3O5S/c1-23(2)18(19-6-4-12-28-19)14-21-20(24)15-7-9-17(10-8-15)29(25,26)22-13-16-5-3-11-27-16/h3-12,18,22H,13-14H2,1-2H3,(H,21,24)/t18-/m1/s1. The smallest absolute Gasteiger partial charge is 0.251 e. The molecule has 0 unspecified atom stereocenters. The number of hydrogen-bond acceptors (Lipinski definition) is 6. The van der Waals surface area contributed by atoms with Crippen molar-refractivity contribution in [3.05, 3.63) is 78.1 Å². The van der Waals surface area contributed by atoms with Crippen molar-refractivity contribution in [2.45, 2.75) is 17.5 Å². The summed E-state index contributed by atoms with van der Waals surface area (Å²) in [5.74, 6) is 0.965. The van der Waals surface area contributed by atoms with Gasteiger partial charge in [-0.2, -0.15) is 0 Å². The maximum absolute atomic E-state index is 12.4. The van der Waals surface area contributed by atoms with Gasteiger partial charge >= 0.3 is 0 Å².